The van der Waals surface area contributed by atoms with Crippen LogP contribution in [-0.4, -0.2) is 55.6 Å². The second kappa shape index (κ2) is 8.86. The Morgan fingerprint density at radius 3 is 2.75 bits per heavy atom. The third-order valence-corrected chi connectivity index (χ3v) is 6.39. The summed E-state index contributed by atoms with van der Waals surface area (Å²) >= 11 is 0. The van der Waals surface area contributed by atoms with Crippen LogP contribution in [0.4, 0.5) is 11.5 Å². The van der Waals surface area contributed by atoms with Crippen molar-refractivity contribution in [3.8, 4) is 17.2 Å². The van der Waals surface area contributed by atoms with Crippen LogP contribution >= 0.6 is 0 Å². The van der Waals surface area contributed by atoms with Crippen LogP contribution in [0.5, 0.6) is 17.2 Å². The van der Waals surface area contributed by atoms with Gasteiger partial charge in [0.05, 0.1) is 18.9 Å². The summed E-state index contributed by atoms with van der Waals surface area (Å²) in [4.78, 5) is 21.5. The van der Waals surface area contributed by atoms with E-state index in [-0.39, 0.29) is 19.2 Å². The number of amides is 1. The van der Waals surface area contributed by atoms with E-state index in [1.807, 2.05) is 6.07 Å². The zero-order valence-corrected chi connectivity index (χ0v) is 18.3. The van der Waals surface area contributed by atoms with Crippen LogP contribution in [0.3, 0.4) is 0 Å². The predicted octanol–water partition coefficient (Wildman–Crippen LogP) is 3.23. The van der Waals surface area contributed by atoms with Gasteiger partial charge in [0.1, 0.15) is 23.7 Å². The number of aromatic nitrogens is 1. The first-order valence-corrected chi connectivity index (χ1v) is 11.3. The lowest BCUT2D eigenvalue weighted by Gasteiger charge is -2.31. The van der Waals surface area contributed by atoms with Crippen LogP contribution in [0.2, 0.25) is 0 Å². The largest absolute Gasteiger partial charge is 0.493 e. The van der Waals surface area contributed by atoms with Gasteiger partial charge in [-0.15, -0.1) is 0 Å². The molecule has 2 aromatic rings. The summed E-state index contributed by atoms with van der Waals surface area (Å²) in [6, 6.07) is 7.18. The smallest absolute Gasteiger partial charge is 0.266 e. The average molecular weight is 440 g/mol. The van der Waals surface area contributed by atoms with Crippen molar-refractivity contribution in [2.45, 2.75) is 38.2 Å². The fourth-order valence-electron chi connectivity index (χ4n) is 4.27. The van der Waals surface area contributed by atoms with Crippen molar-refractivity contribution in [3.05, 3.63) is 36.0 Å². The lowest BCUT2D eigenvalue weighted by molar-refractivity contribution is 0.0879. The van der Waals surface area contributed by atoms with Gasteiger partial charge in [-0.2, -0.15) is 0 Å². The molecule has 1 aliphatic carbocycles. The summed E-state index contributed by atoms with van der Waals surface area (Å²) in [5.41, 5.74) is 1.09. The number of carbonyl (C=O) groups excluding carboxylic acids is 1. The number of carbonyl (C=O) groups is 1. The maximum atomic E-state index is 13.2. The number of hydrogen-bond acceptors (Lipinski definition) is 7. The molecule has 0 spiro atoms. The normalized spacial score (nSPS) is 19.2. The van der Waals surface area contributed by atoms with Gasteiger partial charge in [0.25, 0.3) is 5.91 Å². The number of anilines is 2. The molecule has 32 heavy (non-hydrogen) atoms. The van der Waals surface area contributed by atoms with Gasteiger partial charge in [0.2, 0.25) is 0 Å². The van der Waals surface area contributed by atoms with Crippen molar-refractivity contribution in [1.29, 1.82) is 0 Å². The molecule has 170 valence electrons. The Morgan fingerprint density at radius 2 is 2.00 bits per heavy atom. The highest BCUT2D eigenvalue weighted by Gasteiger charge is 2.31. The highest BCUT2D eigenvalue weighted by Crippen LogP contribution is 2.37. The van der Waals surface area contributed by atoms with Gasteiger partial charge in [-0.05, 0) is 50.2 Å². The fraction of sp³-hybridized carbons (Fsp3) is 0.500. The lowest BCUT2D eigenvalue weighted by atomic mass is 10.1. The molecule has 2 fully saturated rings. The Balaban J connectivity index is 1.31. The van der Waals surface area contributed by atoms with Crippen LogP contribution in [0, 0.1) is 5.92 Å². The van der Waals surface area contributed by atoms with Gasteiger partial charge in [-0.3, -0.25) is 9.69 Å². The third-order valence-electron chi connectivity index (χ3n) is 6.39. The first kappa shape index (κ1) is 20.9. The van der Waals surface area contributed by atoms with Gasteiger partial charge >= 0.3 is 0 Å². The molecule has 3 aliphatic rings. The molecule has 8 nitrogen and oxygen atoms in total. The first-order valence-electron chi connectivity index (χ1n) is 11.3. The molecule has 0 unspecified atom stereocenters. The van der Waals surface area contributed by atoms with E-state index in [0.717, 1.165) is 44.6 Å². The Labute approximate surface area is 187 Å². The Bertz CT molecular complexity index is 988. The van der Waals surface area contributed by atoms with E-state index < -0.39 is 6.10 Å². The standard InChI is InChI=1S/C24H29N3O5/c1-30-22-11-17(7-8-20(22)31-14-19(28)16-5-6-16)27-15-32-21-12-23(25-13-18(21)24(27)29)26-9-3-2-4-10-26/h7-8,11-13,16,19,28H,2-6,9-10,14-15H2,1H3/t19-/m0/s1. The maximum Gasteiger partial charge on any atom is 0.266 e. The van der Waals surface area contributed by atoms with Crippen LogP contribution in [-0.2, 0) is 0 Å². The van der Waals surface area contributed by atoms with E-state index in [1.165, 1.54) is 6.42 Å². The van der Waals surface area contributed by atoms with E-state index in [9.17, 15) is 9.90 Å². The number of aliphatic hydroxyl groups excluding tert-OH is 1. The molecule has 0 radical (unpaired) electrons. The summed E-state index contributed by atoms with van der Waals surface area (Å²) in [6.07, 6.45) is 6.82. The van der Waals surface area contributed by atoms with E-state index >= 15 is 0 Å². The maximum absolute atomic E-state index is 13.2. The van der Waals surface area contributed by atoms with Crippen molar-refractivity contribution in [2.75, 3.05) is 43.3 Å². The Kier molecular flexibility index (Phi) is 5.78. The minimum atomic E-state index is -0.463. The quantitative estimate of drug-likeness (QED) is 0.709. The van der Waals surface area contributed by atoms with Crippen molar-refractivity contribution in [3.63, 3.8) is 0 Å². The van der Waals surface area contributed by atoms with Crippen LogP contribution < -0.4 is 24.0 Å². The monoisotopic (exact) mass is 439 g/mol. The molecule has 8 heteroatoms. The predicted molar refractivity (Wildman–Crippen MR) is 120 cm³/mol. The number of fused-ring (bicyclic) bond motifs is 1. The fourth-order valence-corrected chi connectivity index (χ4v) is 4.27. The van der Waals surface area contributed by atoms with Crippen LogP contribution in [0.25, 0.3) is 0 Å². The molecular formula is C24H29N3O5. The highest BCUT2D eigenvalue weighted by molar-refractivity contribution is 6.08. The van der Waals surface area contributed by atoms with Gasteiger partial charge in [0, 0.05) is 31.4 Å². The molecule has 1 atom stereocenters. The number of ether oxygens (including phenoxy) is 3. The molecular weight excluding hydrogens is 410 g/mol. The molecule has 1 saturated carbocycles. The van der Waals surface area contributed by atoms with Gasteiger partial charge < -0.3 is 24.2 Å². The van der Waals surface area contributed by atoms with E-state index in [0.29, 0.717) is 34.4 Å². The van der Waals surface area contributed by atoms with Gasteiger partial charge in [-0.1, -0.05) is 0 Å². The Hall–Kier alpha value is -3.00. The molecule has 1 amide bonds. The first-order chi connectivity index (χ1) is 15.6. The number of benzene rings is 1. The number of pyridine rings is 1. The Morgan fingerprint density at radius 1 is 1.19 bits per heavy atom. The van der Waals surface area contributed by atoms with Crippen LogP contribution in [0.15, 0.2) is 30.5 Å². The molecule has 0 bridgehead atoms. The molecule has 1 saturated heterocycles. The van der Waals surface area contributed by atoms with Crippen molar-refractivity contribution < 1.29 is 24.1 Å². The molecule has 1 aromatic carbocycles. The summed E-state index contributed by atoms with van der Waals surface area (Å²) < 4.78 is 17.2. The average Bonchev–Trinajstić information content (AvgIpc) is 3.69. The molecule has 3 heterocycles. The molecule has 1 N–H and O–H groups in total. The zero-order valence-electron chi connectivity index (χ0n) is 18.3. The lowest BCUT2D eigenvalue weighted by Crippen LogP contribution is -2.39. The van der Waals surface area contributed by atoms with Crippen molar-refractivity contribution in [1.82, 2.24) is 4.98 Å². The second-order valence-corrected chi connectivity index (χ2v) is 8.64. The number of piperidine rings is 1. The number of methoxy groups -OCH3 is 1. The van der Waals surface area contributed by atoms with Crippen molar-refractivity contribution in [2.24, 2.45) is 5.92 Å². The summed E-state index contributed by atoms with van der Waals surface area (Å²) in [5, 5.41) is 10.1. The topological polar surface area (TPSA) is 84.4 Å². The number of nitrogens with zero attached hydrogens (tertiary/aromatic N) is 3. The summed E-state index contributed by atoms with van der Waals surface area (Å²) in [6.45, 7) is 2.30. The van der Waals surface area contributed by atoms with E-state index in [4.69, 9.17) is 14.2 Å². The summed E-state index contributed by atoms with van der Waals surface area (Å²) in [5.74, 6) is 2.65. The van der Waals surface area contributed by atoms with Crippen molar-refractivity contribution >= 4 is 17.4 Å². The third kappa shape index (κ3) is 4.19. The number of hydrogen-bond donors (Lipinski definition) is 1. The zero-order chi connectivity index (χ0) is 22.1. The van der Waals surface area contributed by atoms with E-state index in [1.54, 1.807) is 36.4 Å². The highest BCUT2D eigenvalue weighted by atomic mass is 16.5. The molecule has 1 aromatic heterocycles. The van der Waals surface area contributed by atoms with E-state index in [2.05, 4.69) is 9.88 Å². The molecule has 5 rings (SSSR count). The number of rotatable bonds is 7. The SMILES string of the molecule is COc1cc(N2COc3cc(N4CCCCC4)ncc3C2=O)ccc1OC[C@H](O)C1CC1. The molecule has 2 aliphatic heterocycles. The summed E-state index contributed by atoms with van der Waals surface area (Å²) in [7, 11) is 1.55. The van der Waals surface area contributed by atoms with Gasteiger partial charge in [-0.25, -0.2) is 4.98 Å². The minimum Gasteiger partial charge on any atom is -0.493 e. The van der Waals surface area contributed by atoms with Crippen LogP contribution in [0.1, 0.15) is 42.5 Å². The number of aliphatic hydroxyl groups is 1. The van der Waals surface area contributed by atoms with Gasteiger partial charge in [0.15, 0.2) is 18.2 Å². The second-order valence-electron chi connectivity index (χ2n) is 8.64. The minimum absolute atomic E-state index is 0.110.